The van der Waals surface area contributed by atoms with Gasteiger partial charge in [0.25, 0.3) is 5.91 Å². The molecule has 0 bridgehead atoms. The van der Waals surface area contributed by atoms with Crippen molar-refractivity contribution in [2.24, 2.45) is 0 Å². The standard InChI is InChI=1S/C17H15NO4S2/c1-3-9-23-17-14(15(20)11-7-5-4-6-8-11)18-16(21)12(24-17)10-13(19)22-2/h3-8,10H,1,9H2,2H3,(H,18,21)/b12-10+. The summed E-state index contributed by atoms with van der Waals surface area (Å²) >= 11 is 2.44. The quantitative estimate of drug-likeness (QED) is 0.364. The smallest absolute Gasteiger partial charge is 0.331 e. The van der Waals surface area contributed by atoms with E-state index in [1.165, 1.54) is 18.9 Å². The van der Waals surface area contributed by atoms with Crippen LogP contribution in [0.25, 0.3) is 0 Å². The van der Waals surface area contributed by atoms with E-state index in [0.717, 1.165) is 17.8 Å². The van der Waals surface area contributed by atoms with Gasteiger partial charge in [-0.2, -0.15) is 0 Å². The molecule has 0 unspecified atom stereocenters. The van der Waals surface area contributed by atoms with Gasteiger partial charge >= 0.3 is 5.97 Å². The minimum absolute atomic E-state index is 0.179. The molecule has 1 aromatic carbocycles. The van der Waals surface area contributed by atoms with Gasteiger partial charge in [-0.15, -0.1) is 18.3 Å². The summed E-state index contributed by atoms with van der Waals surface area (Å²) in [7, 11) is 1.23. The average Bonchev–Trinajstić information content (AvgIpc) is 2.61. The Kier molecular flexibility index (Phi) is 6.45. The van der Waals surface area contributed by atoms with Gasteiger partial charge in [-0.1, -0.05) is 48.2 Å². The molecule has 7 heteroatoms. The molecule has 1 amide bonds. The number of ketones is 1. The number of carbonyl (C=O) groups excluding carboxylic acids is 3. The molecule has 0 atom stereocenters. The van der Waals surface area contributed by atoms with E-state index < -0.39 is 11.9 Å². The molecule has 1 aliphatic rings. The molecule has 124 valence electrons. The second-order valence-corrected chi connectivity index (χ2v) is 6.89. The van der Waals surface area contributed by atoms with Crippen molar-refractivity contribution in [3.05, 3.63) is 69.5 Å². The number of hydrogen-bond donors (Lipinski definition) is 1. The van der Waals surface area contributed by atoms with Gasteiger partial charge in [-0.25, -0.2) is 4.79 Å². The van der Waals surface area contributed by atoms with Crippen LogP contribution >= 0.6 is 23.5 Å². The van der Waals surface area contributed by atoms with E-state index in [1.807, 2.05) is 6.07 Å². The molecular formula is C17H15NO4S2. The van der Waals surface area contributed by atoms with Crippen LogP contribution in [0.5, 0.6) is 0 Å². The fourth-order valence-electron chi connectivity index (χ4n) is 1.80. The van der Waals surface area contributed by atoms with E-state index in [0.29, 0.717) is 15.6 Å². The van der Waals surface area contributed by atoms with Crippen LogP contribution in [0.4, 0.5) is 0 Å². The fourth-order valence-corrected chi connectivity index (χ4v) is 3.81. The van der Waals surface area contributed by atoms with Crippen molar-refractivity contribution in [1.29, 1.82) is 0 Å². The van der Waals surface area contributed by atoms with E-state index in [1.54, 1.807) is 30.3 Å². The van der Waals surface area contributed by atoms with Crippen LogP contribution in [0, 0.1) is 0 Å². The topological polar surface area (TPSA) is 72.5 Å². The van der Waals surface area contributed by atoms with Crippen molar-refractivity contribution in [3.63, 3.8) is 0 Å². The molecule has 2 rings (SSSR count). The number of amides is 1. The van der Waals surface area contributed by atoms with Crippen molar-refractivity contribution < 1.29 is 19.1 Å². The molecule has 0 saturated carbocycles. The number of carbonyl (C=O) groups is 3. The Hall–Kier alpha value is -2.25. The predicted molar refractivity (Wildman–Crippen MR) is 96.3 cm³/mol. The number of thioether (sulfide) groups is 2. The highest BCUT2D eigenvalue weighted by atomic mass is 32.2. The van der Waals surface area contributed by atoms with Crippen LogP contribution in [-0.4, -0.2) is 30.5 Å². The third-order valence-corrected chi connectivity index (χ3v) is 5.30. The first-order chi connectivity index (χ1) is 11.6. The molecule has 0 saturated heterocycles. The lowest BCUT2D eigenvalue weighted by Gasteiger charge is -2.21. The monoisotopic (exact) mass is 361 g/mol. The number of benzene rings is 1. The second-order valence-electron chi connectivity index (χ2n) is 4.55. The van der Waals surface area contributed by atoms with Crippen molar-refractivity contribution in [2.75, 3.05) is 12.9 Å². The molecule has 24 heavy (non-hydrogen) atoms. The Morgan fingerprint density at radius 1 is 1.33 bits per heavy atom. The van der Waals surface area contributed by atoms with E-state index in [4.69, 9.17) is 0 Å². The lowest BCUT2D eigenvalue weighted by Crippen LogP contribution is -2.32. The zero-order valence-corrected chi connectivity index (χ0v) is 14.5. The zero-order chi connectivity index (χ0) is 17.5. The molecule has 1 N–H and O–H groups in total. The van der Waals surface area contributed by atoms with E-state index >= 15 is 0 Å². The summed E-state index contributed by atoms with van der Waals surface area (Å²) < 4.78 is 5.16. The molecule has 0 fully saturated rings. The van der Waals surface area contributed by atoms with Gasteiger partial charge in [0, 0.05) is 17.4 Å². The van der Waals surface area contributed by atoms with Crippen LogP contribution in [0.2, 0.25) is 0 Å². The van der Waals surface area contributed by atoms with Crippen LogP contribution in [-0.2, 0) is 14.3 Å². The van der Waals surface area contributed by atoms with Gasteiger partial charge in [0.05, 0.1) is 16.3 Å². The largest absolute Gasteiger partial charge is 0.466 e. The van der Waals surface area contributed by atoms with Gasteiger partial charge < -0.3 is 10.1 Å². The molecule has 5 nitrogen and oxygen atoms in total. The van der Waals surface area contributed by atoms with Crippen LogP contribution in [0.15, 0.2) is 63.9 Å². The first-order valence-electron chi connectivity index (χ1n) is 6.93. The van der Waals surface area contributed by atoms with Crippen LogP contribution in [0.1, 0.15) is 10.4 Å². The maximum atomic E-state index is 12.7. The number of allylic oxidation sites excluding steroid dienone is 1. The summed E-state index contributed by atoms with van der Waals surface area (Å²) in [6.45, 7) is 3.66. The van der Waals surface area contributed by atoms with Crippen molar-refractivity contribution in [1.82, 2.24) is 5.32 Å². The Bertz CT molecular complexity index is 738. The molecule has 0 radical (unpaired) electrons. The SMILES string of the molecule is C=CCSC1=C(C(=O)c2ccccc2)NC(=O)/C(=C\C(=O)OC)S1. The van der Waals surface area contributed by atoms with E-state index in [-0.39, 0.29) is 16.4 Å². The Labute approximate surface area is 148 Å². The molecule has 1 heterocycles. The zero-order valence-electron chi connectivity index (χ0n) is 12.9. The molecular weight excluding hydrogens is 346 g/mol. The Morgan fingerprint density at radius 3 is 2.67 bits per heavy atom. The Morgan fingerprint density at radius 2 is 2.04 bits per heavy atom. The molecule has 1 aliphatic heterocycles. The van der Waals surface area contributed by atoms with Crippen molar-refractivity contribution in [2.45, 2.75) is 0 Å². The van der Waals surface area contributed by atoms with Crippen molar-refractivity contribution in [3.8, 4) is 0 Å². The number of nitrogens with one attached hydrogen (secondary N) is 1. The van der Waals surface area contributed by atoms with E-state index in [2.05, 4.69) is 16.6 Å². The van der Waals surface area contributed by atoms with E-state index in [9.17, 15) is 14.4 Å². The molecule has 1 aromatic rings. The maximum Gasteiger partial charge on any atom is 0.331 e. The molecule has 0 aromatic heterocycles. The lowest BCUT2D eigenvalue weighted by molar-refractivity contribution is -0.135. The summed E-state index contributed by atoms with van der Waals surface area (Å²) in [6.07, 6.45) is 2.81. The highest BCUT2D eigenvalue weighted by molar-refractivity contribution is 8.24. The maximum absolute atomic E-state index is 12.7. The molecule has 0 spiro atoms. The lowest BCUT2D eigenvalue weighted by atomic mass is 10.1. The number of Topliss-reactive ketones (excluding diaryl/α,β-unsaturated/α-hetero) is 1. The third kappa shape index (κ3) is 4.39. The van der Waals surface area contributed by atoms with Crippen molar-refractivity contribution >= 4 is 41.2 Å². The first-order valence-corrected chi connectivity index (χ1v) is 8.73. The minimum atomic E-state index is -0.626. The number of methoxy groups -OCH3 is 1. The number of rotatable bonds is 6. The van der Waals surface area contributed by atoms with Gasteiger partial charge in [0.1, 0.15) is 5.70 Å². The highest BCUT2D eigenvalue weighted by Gasteiger charge is 2.29. The predicted octanol–water partition coefficient (Wildman–Crippen LogP) is 2.88. The summed E-state index contributed by atoms with van der Waals surface area (Å²) in [4.78, 5) is 36.4. The first kappa shape index (κ1) is 18.1. The minimum Gasteiger partial charge on any atom is -0.466 e. The second kappa shape index (κ2) is 8.56. The highest BCUT2D eigenvalue weighted by Crippen LogP contribution is 2.40. The summed E-state index contributed by atoms with van der Waals surface area (Å²) in [5, 5.41) is 2.59. The third-order valence-electron chi connectivity index (χ3n) is 2.91. The van der Waals surface area contributed by atoms with Crippen LogP contribution in [0.3, 0.4) is 0 Å². The van der Waals surface area contributed by atoms with Gasteiger partial charge in [-0.05, 0) is 0 Å². The summed E-state index contributed by atoms with van der Waals surface area (Å²) in [5.41, 5.74) is 0.690. The molecule has 0 aliphatic carbocycles. The van der Waals surface area contributed by atoms with Gasteiger partial charge in [0.2, 0.25) is 5.78 Å². The van der Waals surface area contributed by atoms with Gasteiger partial charge in [-0.3, -0.25) is 9.59 Å². The summed E-state index contributed by atoms with van der Waals surface area (Å²) in [5.74, 6) is -0.846. The summed E-state index contributed by atoms with van der Waals surface area (Å²) in [6, 6.07) is 8.68. The normalized spacial score (nSPS) is 15.9. The van der Waals surface area contributed by atoms with Crippen LogP contribution < -0.4 is 5.32 Å². The number of esters is 1. The van der Waals surface area contributed by atoms with Gasteiger partial charge in [0.15, 0.2) is 0 Å². The fraction of sp³-hybridized carbons (Fsp3) is 0.118. The average molecular weight is 361 g/mol. The number of hydrogen-bond acceptors (Lipinski definition) is 6. The Balaban J connectivity index is 2.39. The number of ether oxygens (including phenoxy) is 1.